The van der Waals surface area contributed by atoms with Gasteiger partial charge in [-0.15, -0.1) is 0 Å². The third-order valence-electron chi connectivity index (χ3n) is 3.98. The van der Waals surface area contributed by atoms with Crippen molar-refractivity contribution in [3.8, 4) is 0 Å². The summed E-state index contributed by atoms with van der Waals surface area (Å²) in [7, 11) is 1.55. The Kier molecular flexibility index (Phi) is 4.19. The first-order valence-corrected chi connectivity index (χ1v) is 6.69. The van der Waals surface area contributed by atoms with Gasteiger partial charge in [0.05, 0.1) is 12.0 Å². The lowest BCUT2D eigenvalue weighted by Crippen LogP contribution is -2.42. The SMILES string of the molecule is COCCNC(=O)CN1C(=O)CC2(CCCC2)C1=O. The average molecular weight is 268 g/mol. The molecule has 1 aliphatic heterocycles. The van der Waals surface area contributed by atoms with Crippen LogP contribution in [0.2, 0.25) is 0 Å². The predicted molar refractivity (Wildman–Crippen MR) is 67.1 cm³/mol. The normalized spacial score (nSPS) is 21.4. The molecule has 0 unspecified atom stereocenters. The van der Waals surface area contributed by atoms with Crippen molar-refractivity contribution in [3.63, 3.8) is 0 Å². The summed E-state index contributed by atoms with van der Waals surface area (Å²) < 4.78 is 4.82. The molecule has 106 valence electrons. The van der Waals surface area contributed by atoms with E-state index < -0.39 is 5.41 Å². The molecule has 0 aromatic rings. The number of likely N-dealkylation sites (tertiary alicyclic amines) is 1. The number of amides is 3. The minimum absolute atomic E-state index is 0.156. The van der Waals surface area contributed by atoms with Gasteiger partial charge in [0.2, 0.25) is 17.7 Å². The van der Waals surface area contributed by atoms with Gasteiger partial charge in [-0.05, 0) is 12.8 Å². The number of nitrogens with one attached hydrogen (secondary N) is 1. The van der Waals surface area contributed by atoms with E-state index in [-0.39, 0.29) is 30.7 Å². The molecule has 0 bridgehead atoms. The first-order chi connectivity index (χ1) is 9.09. The van der Waals surface area contributed by atoms with E-state index in [1.54, 1.807) is 7.11 Å². The van der Waals surface area contributed by atoms with Gasteiger partial charge in [-0.1, -0.05) is 12.8 Å². The molecule has 1 heterocycles. The van der Waals surface area contributed by atoms with Crippen molar-refractivity contribution in [2.45, 2.75) is 32.1 Å². The van der Waals surface area contributed by atoms with Gasteiger partial charge < -0.3 is 10.1 Å². The zero-order valence-electron chi connectivity index (χ0n) is 11.2. The Hall–Kier alpha value is -1.43. The van der Waals surface area contributed by atoms with Gasteiger partial charge in [-0.3, -0.25) is 19.3 Å². The van der Waals surface area contributed by atoms with Gasteiger partial charge in [0, 0.05) is 20.1 Å². The van der Waals surface area contributed by atoms with Crippen LogP contribution in [0.4, 0.5) is 0 Å². The van der Waals surface area contributed by atoms with Crippen molar-refractivity contribution in [3.05, 3.63) is 0 Å². The fraction of sp³-hybridized carbons (Fsp3) is 0.769. The Morgan fingerprint density at radius 1 is 1.37 bits per heavy atom. The predicted octanol–water partition coefficient (Wildman–Crippen LogP) is 0.0683. The number of imide groups is 1. The van der Waals surface area contributed by atoms with E-state index in [1.807, 2.05) is 0 Å². The Bertz CT molecular complexity index is 388. The summed E-state index contributed by atoms with van der Waals surface area (Å²) in [4.78, 5) is 37.0. The summed E-state index contributed by atoms with van der Waals surface area (Å²) in [6.45, 7) is 0.636. The molecule has 1 saturated heterocycles. The second kappa shape index (κ2) is 5.69. The maximum absolute atomic E-state index is 12.3. The molecule has 0 radical (unpaired) electrons. The van der Waals surface area contributed by atoms with Crippen LogP contribution in [0.25, 0.3) is 0 Å². The van der Waals surface area contributed by atoms with Crippen molar-refractivity contribution < 1.29 is 19.1 Å². The number of hydrogen-bond donors (Lipinski definition) is 1. The highest BCUT2D eigenvalue weighted by Gasteiger charge is 2.52. The number of hydrogen-bond acceptors (Lipinski definition) is 4. The third kappa shape index (κ3) is 2.78. The molecule has 6 nitrogen and oxygen atoms in total. The molecule has 0 aromatic carbocycles. The lowest BCUT2D eigenvalue weighted by molar-refractivity contribution is -0.144. The van der Waals surface area contributed by atoms with E-state index in [9.17, 15) is 14.4 Å². The zero-order chi connectivity index (χ0) is 13.9. The van der Waals surface area contributed by atoms with E-state index in [4.69, 9.17) is 4.74 Å². The molecule has 1 aliphatic carbocycles. The summed E-state index contributed by atoms with van der Waals surface area (Å²) in [5, 5.41) is 2.62. The third-order valence-corrected chi connectivity index (χ3v) is 3.98. The molecule has 2 aliphatic rings. The number of carbonyl (C=O) groups is 3. The fourth-order valence-corrected chi connectivity index (χ4v) is 2.95. The number of nitrogens with zero attached hydrogens (tertiary/aromatic N) is 1. The Balaban J connectivity index is 1.92. The number of carbonyl (C=O) groups excluding carboxylic acids is 3. The van der Waals surface area contributed by atoms with Crippen molar-refractivity contribution in [2.75, 3.05) is 26.8 Å². The topological polar surface area (TPSA) is 75.7 Å². The van der Waals surface area contributed by atoms with Crippen LogP contribution in [0.15, 0.2) is 0 Å². The first-order valence-electron chi connectivity index (χ1n) is 6.69. The van der Waals surface area contributed by atoms with Crippen LogP contribution in [0.3, 0.4) is 0 Å². The Labute approximate surface area is 112 Å². The molecule has 3 amide bonds. The summed E-state index contributed by atoms with van der Waals surface area (Å²) >= 11 is 0. The standard InChI is InChI=1S/C13H20N2O4/c1-19-7-6-14-10(16)9-15-11(17)8-13(12(15)18)4-2-3-5-13/h2-9H2,1H3,(H,14,16). The minimum Gasteiger partial charge on any atom is -0.383 e. The molecule has 2 fully saturated rings. The minimum atomic E-state index is -0.496. The van der Waals surface area contributed by atoms with Crippen LogP contribution in [-0.2, 0) is 19.1 Å². The summed E-state index contributed by atoms with van der Waals surface area (Å²) in [6.07, 6.45) is 3.82. The molecular weight excluding hydrogens is 248 g/mol. The Morgan fingerprint density at radius 2 is 2.05 bits per heavy atom. The van der Waals surface area contributed by atoms with Crippen LogP contribution >= 0.6 is 0 Å². The van der Waals surface area contributed by atoms with Crippen LogP contribution in [0.1, 0.15) is 32.1 Å². The quantitative estimate of drug-likeness (QED) is 0.565. The van der Waals surface area contributed by atoms with Crippen molar-refractivity contribution in [1.29, 1.82) is 0 Å². The van der Waals surface area contributed by atoms with Gasteiger partial charge in [-0.2, -0.15) is 0 Å². The molecule has 0 atom stereocenters. The molecular formula is C13H20N2O4. The second-order valence-electron chi connectivity index (χ2n) is 5.29. The fourth-order valence-electron chi connectivity index (χ4n) is 2.95. The van der Waals surface area contributed by atoms with E-state index in [1.165, 1.54) is 0 Å². The second-order valence-corrected chi connectivity index (χ2v) is 5.29. The highest BCUT2D eigenvalue weighted by Crippen LogP contribution is 2.46. The first kappa shape index (κ1) is 14.0. The molecule has 6 heteroatoms. The summed E-state index contributed by atoms with van der Waals surface area (Å²) in [6, 6.07) is 0. The van der Waals surface area contributed by atoms with E-state index in [2.05, 4.69) is 5.32 Å². The van der Waals surface area contributed by atoms with Crippen LogP contribution in [0, 0.1) is 5.41 Å². The van der Waals surface area contributed by atoms with Gasteiger partial charge in [0.1, 0.15) is 6.54 Å². The Morgan fingerprint density at radius 3 is 2.68 bits per heavy atom. The number of rotatable bonds is 5. The summed E-state index contributed by atoms with van der Waals surface area (Å²) in [5.74, 6) is -0.681. The van der Waals surface area contributed by atoms with Crippen molar-refractivity contribution >= 4 is 17.7 Å². The molecule has 1 spiro atoms. The largest absolute Gasteiger partial charge is 0.383 e. The molecule has 1 N–H and O–H groups in total. The maximum Gasteiger partial charge on any atom is 0.240 e. The van der Waals surface area contributed by atoms with E-state index in [0.29, 0.717) is 13.2 Å². The van der Waals surface area contributed by atoms with Gasteiger partial charge in [0.25, 0.3) is 0 Å². The lowest BCUT2D eigenvalue weighted by atomic mass is 9.84. The van der Waals surface area contributed by atoms with E-state index >= 15 is 0 Å². The number of methoxy groups -OCH3 is 1. The number of ether oxygens (including phenoxy) is 1. The van der Waals surface area contributed by atoms with E-state index in [0.717, 1.165) is 30.6 Å². The van der Waals surface area contributed by atoms with Crippen molar-refractivity contribution in [2.24, 2.45) is 5.41 Å². The maximum atomic E-state index is 12.3. The molecule has 1 saturated carbocycles. The van der Waals surface area contributed by atoms with Gasteiger partial charge in [-0.25, -0.2) is 0 Å². The molecule has 19 heavy (non-hydrogen) atoms. The molecule has 2 rings (SSSR count). The zero-order valence-corrected chi connectivity index (χ0v) is 11.2. The van der Waals surface area contributed by atoms with Crippen LogP contribution < -0.4 is 5.32 Å². The lowest BCUT2D eigenvalue weighted by Gasteiger charge is -2.20. The van der Waals surface area contributed by atoms with Crippen LogP contribution in [-0.4, -0.2) is 49.4 Å². The highest BCUT2D eigenvalue weighted by atomic mass is 16.5. The monoisotopic (exact) mass is 268 g/mol. The smallest absolute Gasteiger partial charge is 0.240 e. The van der Waals surface area contributed by atoms with Gasteiger partial charge >= 0.3 is 0 Å². The van der Waals surface area contributed by atoms with Gasteiger partial charge in [0.15, 0.2) is 0 Å². The summed E-state index contributed by atoms with van der Waals surface area (Å²) in [5.41, 5.74) is -0.496. The molecule has 0 aromatic heterocycles. The highest BCUT2D eigenvalue weighted by molar-refractivity contribution is 6.08. The average Bonchev–Trinajstić information content (AvgIpc) is 2.92. The van der Waals surface area contributed by atoms with Crippen LogP contribution in [0.5, 0.6) is 0 Å². The van der Waals surface area contributed by atoms with Crippen molar-refractivity contribution in [1.82, 2.24) is 10.2 Å².